The van der Waals surface area contributed by atoms with E-state index < -0.39 is 40.5 Å². The maximum atomic E-state index is 14.4. The Kier molecular flexibility index (Phi) is 4.29. The number of anilines is 1. The lowest BCUT2D eigenvalue weighted by atomic mass is 9.81. The smallest absolute Gasteiger partial charge is 0.340 e. The van der Waals surface area contributed by atoms with Gasteiger partial charge in [0, 0.05) is 36.7 Å². The number of hydrogen-bond donors (Lipinski definition) is 1. The summed E-state index contributed by atoms with van der Waals surface area (Å²) in [4.78, 5) is 39.1. The fourth-order valence-corrected chi connectivity index (χ4v) is 4.53. The number of carbonyl (C=O) groups is 1. The van der Waals surface area contributed by atoms with Gasteiger partial charge in [-0.25, -0.2) is 9.18 Å². The Balaban J connectivity index is 1.89. The molecule has 1 aromatic heterocycles. The molecular formula is C23H15F4N3O3. The van der Waals surface area contributed by atoms with Gasteiger partial charge in [0.15, 0.2) is 5.78 Å². The summed E-state index contributed by atoms with van der Waals surface area (Å²) in [6, 6.07) is 8.48. The lowest BCUT2D eigenvalue weighted by molar-refractivity contribution is -0.137. The van der Waals surface area contributed by atoms with E-state index in [0.29, 0.717) is 17.2 Å². The fraction of sp³-hybridized carbons (Fsp3) is 0.174. The molecule has 1 N–H and O–H groups in total. The number of aromatic nitrogens is 2. The van der Waals surface area contributed by atoms with E-state index in [-0.39, 0.29) is 28.2 Å². The predicted octanol–water partition coefficient (Wildman–Crippen LogP) is 3.41. The SMILES string of the molecule is Cn1c2c(c(=O)n(C)c1=O)C(c1cc(F)cc(C(F)(F)F)c1)C1=C(N2)c2ccccc2C1=O. The van der Waals surface area contributed by atoms with Gasteiger partial charge >= 0.3 is 11.9 Å². The molecule has 0 saturated carbocycles. The molecule has 0 fully saturated rings. The molecule has 2 aromatic carbocycles. The normalized spacial score (nSPS) is 16.9. The lowest BCUT2D eigenvalue weighted by Gasteiger charge is -2.30. The summed E-state index contributed by atoms with van der Waals surface area (Å²) in [5.74, 6) is -2.93. The number of Topliss-reactive ketones (excluding diaryl/α,β-unsaturated/α-hetero) is 1. The molecule has 0 amide bonds. The molecule has 168 valence electrons. The average molecular weight is 457 g/mol. The van der Waals surface area contributed by atoms with E-state index in [1.807, 2.05) is 0 Å². The molecule has 2 heterocycles. The van der Waals surface area contributed by atoms with Crippen LogP contribution >= 0.6 is 0 Å². The molecule has 1 atom stereocenters. The summed E-state index contributed by atoms with van der Waals surface area (Å²) in [5.41, 5.74) is -1.96. The topological polar surface area (TPSA) is 73.1 Å². The van der Waals surface area contributed by atoms with Gasteiger partial charge in [0.1, 0.15) is 11.6 Å². The summed E-state index contributed by atoms with van der Waals surface area (Å²) in [6.45, 7) is 0. The molecule has 33 heavy (non-hydrogen) atoms. The number of nitrogens with zero attached hydrogens (tertiary/aromatic N) is 2. The third kappa shape index (κ3) is 2.90. The van der Waals surface area contributed by atoms with Gasteiger partial charge in [-0.15, -0.1) is 0 Å². The van der Waals surface area contributed by atoms with Crippen molar-refractivity contribution in [2.45, 2.75) is 12.1 Å². The molecule has 6 nitrogen and oxygen atoms in total. The van der Waals surface area contributed by atoms with Crippen LogP contribution in [0.5, 0.6) is 0 Å². The number of halogens is 4. The number of carbonyl (C=O) groups excluding carboxylic acids is 1. The Morgan fingerprint density at radius 2 is 1.61 bits per heavy atom. The van der Waals surface area contributed by atoms with Gasteiger partial charge in [-0.2, -0.15) is 13.2 Å². The largest absolute Gasteiger partial charge is 0.416 e. The van der Waals surface area contributed by atoms with Crippen LogP contribution in [0.25, 0.3) is 5.70 Å². The average Bonchev–Trinajstić information content (AvgIpc) is 3.06. The molecule has 0 radical (unpaired) electrons. The summed E-state index contributed by atoms with van der Waals surface area (Å²) in [5, 5.41) is 2.97. The maximum absolute atomic E-state index is 14.4. The van der Waals surface area contributed by atoms with Crippen molar-refractivity contribution >= 4 is 17.3 Å². The van der Waals surface area contributed by atoms with Crippen molar-refractivity contribution in [1.29, 1.82) is 0 Å². The second-order valence-electron chi connectivity index (χ2n) is 7.96. The number of alkyl halides is 3. The van der Waals surface area contributed by atoms with Gasteiger partial charge in [-0.05, 0) is 23.8 Å². The third-order valence-corrected chi connectivity index (χ3v) is 6.06. The maximum Gasteiger partial charge on any atom is 0.416 e. The van der Waals surface area contributed by atoms with Crippen LogP contribution in [0.4, 0.5) is 23.4 Å². The minimum absolute atomic E-state index is 0.0261. The summed E-state index contributed by atoms with van der Waals surface area (Å²) < 4.78 is 56.7. The molecular weight excluding hydrogens is 442 g/mol. The van der Waals surface area contributed by atoms with Gasteiger partial charge in [0.2, 0.25) is 0 Å². The predicted molar refractivity (Wildman–Crippen MR) is 111 cm³/mol. The fourth-order valence-electron chi connectivity index (χ4n) is 4.53. The number of rotatable bonds is 1. The van der Waals surface area contributed by atoms with Gasteiger partial charge in [0.05, 0.1) is 16.8 Å². The van der Waals surface area contributed by atoms with Crippen LogP contribution in [0.3, 0.4) is 0 Å². The minimum atomic E-state index is -4.85. The van der Waals surface area contributed by atoms with Crippen molar-refractivity contribution in [3.8, 4) is 0 Å². The van der Waals surface area contributed by atoms with Crippen LogP contribution in [-0.4, -0.2) is 14.9 Å². The highest BCUT2D eigenvalue weighted by molar-refractivity contribution is 6.23. The Morgan fingerprint density at radius 3 is 2.27 bits per heavy atom. The lowest BCUT2D eigenvalue weighted by Crippen LogP contribution is -2.42. The van der Waals surface area contributed by atoms with Crippen molar-refractivity contribution in [2.75, 3.05) is 5.32 Å². The first-order valence-electron chi connectivity index (χ1n) is 9.83. The van der Waals surface area contributed by atoms with Crippen LogP contribution in [0.1, 0.15) is 38.5 Å². The number of allylic oxidation sites excluding steroid dienone is 1. The van der Waals surface area contributed by atoms with Gasteiger partial charge in [0.25, 0.3) is 5.56 Å². The second kappa shape index (κ2) is 6.77. The van der Waals surface area contributed by atoms with E-state index in [2.05, 4.69) is 5.32 Å². The second-order valence-corrected chi connectivity index (χ2v) is 7.96. The number of ketones is 1. The van der Waals surface area contributed by atoms with E-state index in [0.717, 1.165) is 21.3 Å². The highest BCUT2D eigenvalue weighted by Gasteiger charge is 2.43. The van der Waals surface area contributed by atoms with Crippen molar-refractivity contribution < 1.29 is 22.4 Å². The van der Waals surface area contributed by atoms with Crippen molar-refractivity contribution in [3.05, 3.63) is 103 Å². The molecule has 1 aliphatic carbocycles. The Morgan fingerprint density at radius 1 is 0.939 bits per heavy atom. The van der Waals surface area contributed by atoms with Crippen LogP contribution < -0.4 is 16.6 Å². The van der Waals surface area contributed by atoms with E-state index in [9.17, 15) is 31.9 Å². The van der Waals surface area contributed by atoms with Crippen LogP contribution in [0.15, 0.2) is 57.6 Å². The van der Waals surface area contributed by atoms with Gasteiger partial charge in [-0.3, -0.25) is 18.7 Å². The quantitative estimate of drug-likeness (QED) is 0.569. The standard InChI is InChI=1S/C23H15F4N3O3/c1-29-20-17(21(32)30(2)22(29)33)15(10-7-11(23(25,26)27)9-12(24)8-10)16-18(28-20)13-5-3-4-6-14(13)19(16)31/h3-9,15,28H,1-2H3. The number of benzene rings is 2. The van der Waals surface area contributed by atoms with Gasteiger partial charge < -0.3 is 5.32 Å². The third-order valence-electron chi connectivity index (χ3n) is 6.06. The van der Waals surface area contributed by atoms with E-state index >= 15 is 0 Å². The molecule has 1 aliphatic heterocycles. The van der Waals surface area contributed by atoms with E-state index in [1.165, 1.54) is 14.1 Å². The summed E-state index contributed by atoms with van der Waals surface area (Å²) in [7, 11) is 2.62. The zero-order chi connectivity index (χ0) is 23.8. The zero-order valence-electron chi connectivity index (χ0n) is 17.2. The Labute approximate surface area is 183 Å². The monoisotopic (exact) mass is 457 g/mol. The van der Waals surface area contributed by atoms with Crippen LogP contribution in [0, 0.1) is 5.82 Å². The Bertz CT molecular complexity index is 1530. The summed E-state index contributed by atoms with van der Waals surface area (Å²) >= 11 is 0. The molecule has 0 bridgehead atoms. The zero-order valence-corrected chi connectivity index (χ0v) is 17.2. The number of fused-ring (bicyclic) bond motifs is 3. The molecule has 3 aromatic rings. The van der Waals surface area contributed by atoms with Crippen LogP contribution in [0.2, 0.25) is 0 Å². The number of hydrogen-bond acceptors (Lipinski definition) is 4. The first-order valence-corrected chi connectivity index (χ1v) is 9.83. The summed E-state index contributed by atoms with van der Waals surface area (Å²) in [6.07, 6.45) is -4.85. The molecule has 2 aliphatic rings. The molecule has 5 rings (SSSR count). The Hall–Kier alpha value is -3.95. The molecule has 10 heteroatoms. The first-order chi connectivity index (χ1) is 15.5. The highest BCUT2D eigenvalue weighted by Crippen LogP contribution is 2.48. The van der Waals surface area contributed by atoms with Crippen molar-refractivity contribution in [1.82, 2.24) is 9.13 Å². The number of nitrogens with one attached hydrogen (secondary N) is 1. The molecule has 0 spiro atoms. The van der Waals surface area contributed by atoms with Gasteiger partial charge in [-0.1, -0.05) is 24.3 Å². The van der Waals surface area contributed by atoms with E-state index in [1.54, 1.807) is 24.3 Å². The van der Waals surface area contributed by atoms with Crippen molar-refractivity contribution in [2.24, 2.45) is 14.1 Å². The van der Waals surface area contributed by atoms with E-state index in [4.69, 9.17) is 0 Å². The van der Waals surface area contributed by atoms with Crippen LogP contribution in [-0.2, 0) is 20.3 Å². The first kappa shape index (κ1) is 20.9. The minimum Gasteiger partial charge on any atom is -0.340 e. The van der Waals surface area contributed by atoms with Crippen molar-refractivity contribution in [3.63, 3.8) is 0 Å². The molecule has 1 unspecified atom stereocenters. The highest BCUT2D eigenvalue weighted by atomic mass is 19.4. The molecule has 0 saturated heterocycles.